The Bertz CT molecular complexity index is 1270. The van der Waals surface area contributed by atoms with Gasteiger partial charge in [0.2, 0.25) is 5.91 Å². The van der Waals surface area contributed by atoms with Gasteiger partial charge in [-0.15, -0.1) is 0 Å². The molecule has 1 fully saturated rings. The summed E-state index contributed by atoms with van der Waals surface area (Å²) < 4.78 is 0. The number of rotatable bonds is 6. The highest BCUT2D eigenvalue weighted by atomic mass is 16.2. The van der Waals surface area contributed by atoms with E-state index in [1.165, 1.54) is 0 Å². The molecule has 1 aliphatic rings. The number of benzene rings is 3. The molecule has 3 aromatic carbocycles. The van der Waals surface area contributed by atoms with Crippen molar-refractivity contribution in [3.05, 3.63) is 90.6 Å². The van der Waals surface area contributed by atoms with Crippen molar-refractivity contribution >= 4 is 28.3 Å². The maximum absolute atomic E-state index is 13.4. The molecule has 0 spiro atoms. The van der Waals surface area contributed by atoms with Gasteiger partial charge in [0, 0.05) is 23.8 Å². The van der Waals surface area contributed by atoms with E-state index < -0.39 is 5.41 Å². The maximum atomic E-state index is 13.4. The van der Waals surface area contributed by atoms with Gasteiger partial charge in [-0.2, -0.15) is 0 Å². The van der Waals surface area contributed by atoms with Crippen LogP contribution >= 0.6 is 0 Å². The van der Waals surface area contributed by atoms with E-state index in [2.05, 4.69) is 28.5 Å². The summed E-state index contributed by atoms with van der Waals surface area (Å²) in [6.07, 6.45) is 5.28. The maximum Gasteiger partial charge on any atom is 0.238 e. The van der Waals surface area contributed by atoms with Crippen LogP contribution in [0.25, 0.3) is 22.0 Å². The molecule has 0 aliphatic heterocycles. The molecule has 1 saturated carbocycles. The fourth-order valence-corrected chi connectivity index (χ4v) is 4.82. The molecule has 0 atom stereocenters. The van der Waals surface area contributed by atoms with Gasteiger partial charge in [-0.25, -0.2) is 0 Å². The molecule has 4 aromatic rings. The summed E-state index contributed by atoms with van der Waals surface area (Å²) >= 11 is 0. The first kappa shape index (κ1) is 20.3. The normalized spacial score (nSPS) is 15.0. The van der Waals surface area contributed by atoms with E-state index in [9.17, 15) is 9.59 Å². The van der Waals surface area contributed by atoms with Crippen LogP contribution < -0.4 is 5.32 Å². The van der Waals surface area contributed by atoms with E-state index in [-0.39, 0.29) is 11.7 Å². The summed E-state index contributed by atoms with van der Waals surface area (Å²) in [5.41, 5.74) is 3.96. The van der Waals surface area contributed by atoms with Crippen LogP contribution in [0.1, 0.15) is 31.2 Å². The lowest BCUT2D eigenvalue weighted by molar-refractivity contribution is -0.138. The molecule has 0 bridgehead atoms. The summed E-state index contributed by atoms with van der Waals surface area (Å²) in [6.45, 7) is 0. The van der Waals surface area contributed by atoms with Gasteiger partial charge in [-0.05, 0) is 65.3 Å². The molecular weight excluding hydrogens is 396 g/mol. The number of nitrogens with one attached hydrogen (secondary N) is 2. The summed E-state index contributed by atoms with van der Waals surface area (Å²) in [4.78, 5) is 29.9. The SMILES string of the molecule is O=C(Cc1ccccc1)C1(C(=O)Nc2cccc(-c3ccc4[nH]ccc4c3)c2)CCCC1. The first-order chi connectivity index (χ1) is 15.6. The highest BCUT2D eigenvalue weighted by Gasteiger charge is 2.47. The third-order valence-electron chi connectivity index (χ3n) is 6.64. The van der Waals surface area contributed by atoms with Crippen molar-refractivity contribution in [3.63, 3.8) is 0 Å². The van der Waals surface area contributed by atoms with Crippen molar-refractivity contribution in [1.29, 1.82) is 0 Å². The highest BCUT2D eigenvalue weighted by Crippen LogP contribution is 2.41. The molecule has 32 heavy (non-hydrogen) atoms. The topological polar surface area (TPSA) is 62.0 Å². The minimum atomic E-state index is -0.935. The molecule has 5 rings (SSSR count). The van der Waals surface area contributed by atoms with E-state index >= 15 is 0 Å². The van der Waals surface area contributed by atoms with Gasteiger partial charge in [0.05, 0.1) is 0 Å². The number of carbonyl (C=O) groups is 2. The van der Waals surface area contributed by atoms with Crippen LogP contribution in [0.3, 0.4) is 0 Å². The van der Waals surface area contributed by atoms with Gasteiger partial charge in [-0.1, -0.05) is 61.4 Å². The lowest BCUT2D eigenvalue weighted by Crippen LogP contribution is -2.41. The number of ketones is 1. The molecular formula is C28H26N2O2. The second-order valence-corrected chi connectivity index (χ2v) is 8.69. The minimum absolute atomic E-state index is 0.0211. The summed E-state index contributed by atoms with van der Waals surface area (Å²) in [5, 5.41) is 4.21. The van der Waals surface area contributed by atoms with Crippen LogP contribution in [0.5, 0.6) is 0 Å². The fourth-order valence-electron chi connectivity index (χ4n) is 4.82. The number of aromatic nitrogens is 1. The van der Waals surface area contributed by atoms with Crippen LogP contribution in [0.2, 0.25) is 0 Å². The molecule has 1 heterocycles. The molecule has 4 nitrogen and oxygen atoms in total. The zero-order valence-corrected chi connectivity index (χ0v) is 17.9. The number of carbonyl (C=O) groups excluding carboxylic acids is 2. The van der Waals surface area contributed by atoms with Crippen molar-refractivity contribution in [2.75, 3.05) is 5.32 Å². The quantitative estimate of drug-likeness (QED) is 0.366. The Kier molecular flexibility index (Phi) is 5.36. The molecule has 1 aromatic heterocycles. The van der Waals surface area contributed by atoms with Gasteiger partial charge in [0.1, 0.15) is 5.41 Å². The second-order valence-electron chi connectivity index (χ2n) is 8.69. The predicted octanol–water partition coefficient (Wildman–Crippen LogP) is 6.15. The van der Waals surface area contributed by atoms with Gasteiger partial charge >= 0.3 is 0 Å². The molecule has 0 unspecified atom stereocenters. The van der Waals surface area contributed by atoms with Crippen LogP contribution in [-0.2, 0) is 16.0 Å². The number of hydrogen-bond acceptors (Lipinski definition) is 2. The Hall–Kier alpha value is -3.66. The molecule has 1 aliphatic carbocycles. The van der Waals surface area contributed by atoms with E-state index in [1.54, 1.807) is 0 Å². The Morgan fingerprint density at radius 3 is 2.44 bits per heavy atom. The van der Waals surface area contributed by atoms with Gasteiger partial charge in [0.25, 0.3) is 0 Å². The Morgan fingerprint density at radius 1 is 0.844 bits per heavy atom. The number of amides is 1. The van der Waals surface area contributed by atoms with E-state index in [0.29, 0.717) is 19.3 Å². The third-order valence-corrected chi connectivity index (χ3v) is 6.64. The largest absolute Gasteiger partial charge is 0.361 e. The summed E-state index contributed by atoms with van der Waals surface area (Å²) in [7, 11) is 0. The Morgan fingerprint density at radius 2 is 1.62 bits per heavy atom. The van der Waals surface area contributed by atoms with Crippen LogP contribution in [0.15, 0.2) is 85.1 Å². The van der Waals surface area contributed by atoms with Crippen molar-refractivity contribution in [3.8, 4) is 11.1 Å². The van der Waals surface area contributed by atoms with Gasteiger partial charge in [0.15, 0.2) is 5.78 Å². The highest BCUT2D eigenvalue weighted by molar-refractivity contribution is 6.12. The van der Waals surface area contributed by atoms with Crippen LogP contribution in [-0.4, -0.2) is 16.7 Å². The molecule has 0 saturated heterocycles. The van der Waals surface area contributed by atoms with Crippen molar-refractivity contribution in [2.45, 2.75) is 32.1 Å². The first-order valence-electron chi connectivity index (χ1n) is 11.2. The number of anilines is 1. The molecule has 160 valence electrons. The van der Waals surface area contributed by atoms with Gasteiger partial charge < -0.3 is 10.3 Å². The zero-order valence-electron chi connectivity index (χ0n) is 17.9. The monoisotopic (exact) mass is 422 g/mol. The Labute approximate surface area is 187 Å². The second kappa shape index (κ2) is 8.46. The lowest BCUT2D eigenvalue weighted by atomic mass is 9.78. The van der Waals surface area contributed by atoms with E-state index in [4.69, 9.17) is 0 Å². The zero-order chi connectivity index (χ0) is 22.0. The summed E-state index contributed by atoms with van der Waals surface area (Å²) in [5.74, 6) is -0.151. The average molecular weight is 423 g/mol. The minimum Gasteiger partial charge on any atom is -0.361 e. The van der Waals surface area contributed by atoms with E-state index in [1.807, 2.05) is 66.9 Å². The summed E-state index contributed by atoms with van der Waals surface area (Å²) in [6, 6.07) is 25.9. The van der Waals surface area contributed by atoms with Gasteiger partial charge in [-0.3, -0.25) is 9.59 Å². The average Bonchev–Trinajstić information content (AvgIpc) is 3.50. The molecule has 1 amide bonds. The van der Waals surface area contributed by atoms with Crippen molar-refractivity contribution in [1.82, 2.24) is 4.98 Å². The third kappa shape index (κ3) is 3.84. The Balaban J connectivity index is 1.38. The standard InChI is InChI=1S/C28H26N2O2/c31-26(17-20-7-2-1-3-8-20)28(14-4-5-15-28)27(32)30-24-10-6-9-21(19-24)22-11-12-25-23(18-22)13-16-29-25/h1-3,6-13,16,18-19,29H,4-5,14-15,17H2,(H,30,32). The first-order valence-corrected chi connectivity index (χ1v) is 11.2. The fraction of sp³-hybridized carbons (Fsp3) is 0.214. The van der Waals surface area contributed by atoms with E-state index in [0.717, 1.165) is 46.1 Å². The number of hydrogen-bond donors (Lipinski definition) is 2. The molecule has 4 heteroatoms. The van der Waals surface area contributed by atoms with Crippen LogP contribution in [0.4, 0.5) is 5.69 Å². The van der Waals surface area contributed by atoms with Crippen molar-refractivity contribution in [2.24, 2.45) is 5.41 Å². The predicted molar refractivity (Wildman–Crippen MR) is 128 cm³/mol. The molecule has 2 N–H and O–H groups in total. The smallest absolute Gasteiger partial charge is 0.238 e. The van der Waals surface area contributed by atoms with Crippen molar-refractivity contribution < 1.29 is 9.59 Å². The number of fused-ring (bicyclic) bond motifs is 1. The lowest BCUT2D eigenvalue weighted by Gasteiger charge is -2.26. The number of aromatic amines is 1. The molecule has 0 radical (unpaired) electrons. The number of Topliss-reactive ketones (excluding diaryl/α,β-unsaturated/α-hetero) is 1. The van der Waals surface area contributed by atoms with Crippen LogP contribution in [0, 0.1) is 5.41 Å². The number of H-pyrrole nitrogens is 1.